The Morgan fingerprint density at radius 1 is 0.852 bits per heavy atom. The van der Waals surface area contributed by atoms with Gasteiger partial charge in [-0.3, -0.25) is 9.36 Å². The molecule has 0 unspecified atom stereocenters. The summed E-state index contributed by atoms with van der Waals surface area (Å²) in [6.45, 7) is 1.88. The molecular weight excluding hydrogens is 410 g/mol. The van der Waals surface area contributed by atoms with Crippen LogP contribution in [-0.2, 0) is 13.9 Å². The summed E-state index contributed by atoms with van der Waals surface area (Å²) in [6, 6.07) is 0. The zero-order valence-electron chi connectivity index (χ0n) is 16.6. The van der Waals surface area contributed by atoms with Crippen LogP contribution in [0, 0.1) is 0 Å². The topological polar surface area (TPSA) is 83.8 Å². The van der Waals surface area contributed by atoms with E-state index in [0.717, 1.165) is 19.3 Å². The second-order valence-corrected chi connectivity index (χ2v) is 11.5. The minimum atomic E-state index is -3.72. The zero-order chi connectivity index (χ0) is 20.6. The molecule has 0 atom stereocenters. The van der Waals surface area contributed by atoms with Crippen molar-refractivity contribution in [2.45, 2.75) is 109 Å². The normalized spacial score (nSPS) is 12.5. The van der Waals surface area contributed by atoms with Gasteiger partial charge in [0, 0.05) is 12.8 Å². The maximum atomic E-state index is 11.8. The second kappa shape index (κ2) is 16.2. The van der Waals surface area contributed by atoms with Crippen molar-refractivity contribution in [3.63, 3.8) is 0 Å². The van der Waals surface area contributed by atoms with Crippen molar-refractivity contribution in [3.8, 4) is 0 Å². The van der Waals surface area contributed by atoms with Crippen LogP contribution in [0.25, 0.3) is 0 Å². The van der Waals surface area contributed by atoms with E-state index in [-0.39, 0.29) is 13.0 Å². The third kappa shape index (κ3) is 18.1. The number of carbonyl (C=O) groups is 1. The summed E-state index contributed by atoms with van der Waals surface area (Å²) < 4.78 is 15.5. The third-order valence-electron chi connectivity index (χ3n) is 4.65. The van der Waals surface area contributed by atoms with Crippen molar-refractivity contribution in [1.82, 2.24) is 0 Å². The number of hydrogen-bond donors (Lipinski definition) is 2. The smallest absolute Gasteiger partial charge is 0.360 e. The van der Waals surface area contributed by atoms with Crippen LogP contribution in [0.15, 0.2) is 0 Å². The molecule has 0 bridgehead atoms. The molecule has 8 heteroatoms. The molecule has 5 nitrogen and oxygen atoms in total. The molecule has 0 rings (SSSR count). The molecule has 0 heterocycles. The van der Waals surface area contributed by atoms with Crippen LogP contribution in [0.4, 0.5) is 0 Å². The molecule has 0 fully saturated rings. The van der Waals surface area contributed by atoms with Gasteiger partial charge in [0.05, 0.1) is 6.61 Å². The molecule has 2 N–H and O–H groups in total. The molecule has 162 valence electrons. The van der Waals surface area contributed by atoms with Gasteiger partial charge < -0.3 is 14.7 Å². The summed E-state index contributed by atoms with van der Waals surface area (Å²) in [4.78, 5) is 11.8. The van der Waals surface area contributed by atoms with Crippen LogP contribution in [-0.4, -0.2) is 28.4 Å². The van der Waals surface area contributed by atoms with Gasteiger partial charge in [0.25, 0.3) is 0 Å². The fraction of sp³-hybridized carbons (Fsp3) is 0.947. The molecular formula is C19H37Cl2O5P. The molecule has 27 heavy (non-hydrogen) atoms. The van der Waals surface area contributed by atoms with E-state index in [1.54, 1.807) is 0 Å². The third-order valence-corrected chi connectivity index (χ3v) is 5.71. The maximum absolute atomic E-state index is 11.8. The Kier molecular flexibility index (Phi) is 16.4. The van der Waals surface area contributed by atoms with E-state index in [0.29, 0.717) is 6.42 Å². The van der Waals surface area contributed by atoms with Gasteiger partial charge in [0.15, 0.2) is 5.78 Å². The van der Waals surface area contributed by atoms with Gasteiger partial charge in [0.2, 0.25) is 5.79 Å². The maximum Gasteiger partial charge on any atom is 0.380 e. The van der Waals surface area contributed by atoms with E-state index in [4.69, 9.17) is 22.5 Å². The van der Waals surface area contributed by atoms with Gasteiger partial charge in [-0.25, -0.2) is 0 Å². The number of unbranched alkanes of at least 4 members (excludes halogenated alkanes) is 12. The molecule has 0 aromatic carbocycles. The van der Waals surface area contributed by atoms with Crippen molar-refractivity contribution in [3.05, 3.63) is 0 Å². The lowest BCUT2D eigenvalue weighted by atomic mass is 10.0. The Morgan fingerprint density at radius 3 is 1.67 bits per heavy atom. The molecule has 0 saturated heterocycles. The van der Waals surface area contributed by atoms with Gasteiger partial charge in [-0.05, 0) is 28.9 Å². The first-order valence-corrected chi connectivity index (χ1v) is 13.7. The Hall–Kier alpha value is 0.360. The van der Waals surface area contributed by atoms with Gasteiger partial charge in [0.1, 0.15) is 0 Å². The lowest BCUT2D eigenvalue weighted by molar-refractivity contribution is -0.186. The van der Waals surface area contributed by atoms with Crippen LogP contribution >= 0.6 is 28.6 Å². The van der Waals surface area contributed by atoms with E-state index in [2.05, 4.69) is 11.4 Å². The van der Waals surface area contributed by atoms with E-state index < -0.39 is 24.1 Å². The Labute approximate surface area is 174 Å². The van der Waals surface area contributed by atoms with E-state index in [9.17, 15) is 19.6 Å². The number of rotatable bonds is 19. The predicted molar refractivity (Wildman–Crippen MR) is 112 cm³/mol. The first kappa shape index (κ1) is 27.4. The van der Waals surface area contributed by atoms with Gasteiger partial charge >= 0.3 is 6.07 Å². The van der Waals surface area contributed by atoms with Gasteiger partial charge in [-0.1, -0.05) is 84.0 Å². The van der Waals surface area contributed by atoms with Crippen LogP contribution < -0.4 is 0 Å². The molecule has 0 radical (unpaired) electrons. The lowest BCUT2D eigenvalue weighted by Crippen LogP contribution is -2.39. The summed E-state index contributed by atoms with van der Waals surface area (Å²) in [5, 5.41) is 19.4. The van der Waals surface area contributed by atoms with Crippen LogP contribution in [0.1, 0.15) is 103 Å². The van der Waals surface area contributed by atoms with Crippen molar-refractivity contribution < 1.29 is 24.1 Å². The quantitative estimate of drug-likeness (QED) is 0.131. The standard InChI is InChI=1S/C19H37Cl2O5P/c1-2-3-4-5-6-7-8-9-10-11-12-13-14-15-18(22)19(23,24)16-17-26-27(20,21)25/h23-24H,2-17H2,1H3. The number of Topliss-reactive ketones (excluding diaryl/α,β-unsaturated/α-hetero) is 1. The fourth-order valence-corrected chi connectivity index (χ4v) is 3.66. The van der Waals surface area contributed by atoms with Crippen molar-refractivity contribution >= 4 is 34.3 Å². The number of aliphatic hydroxyl groups is 2. The number of hydrogen-bond acceptors (Lipinski definition) is 5. The summed E-state index contributed by atoms with van der Waals surface area (Å²) in [5.41, 5.74) is 0. The molecule has 0 aliphatic heterocycles. The molecule has 0 aliphatic carbocycles. The number of halogens is 2. The first-order chi connectivity index (χ1) is 12.7. The van der Waals surface area contributed by atoms with E-state index in [1.807, 2.05) is 0 Å². The average Bonchev–Trinajstić information content (AvgIpc) is 2.57. The van der Waals surface area contributed by atoms with Crippen LogP contribution in [0.2, 0.25) is 0 Å². The van der Waals surface area contributed by atoms with Crippen LogP contribution in [0.3, 0.4) is 0 Å². The highest BCUT2D eigenvalue weighted by Crippen LogP contribution is 2.57. The summed E-state index contributed by atoms with van der Waals surface area (Å²) in [7, 11) is 0. The van der Waals surface area contributed by atoms with E-state index >= 15 is 0 Å². The molecule has 0 spiro atoms. The molecule has 0 saturated carbocycles. The Balaban J connectivity index is 3.53. The molecule has 0 amide bonds. The van der Waals surface area contributed by atoms with Crippen LogP contribution in [0.5, 0.6) is 0 Å². The van der Waals surface area contributed by atoms with Crippen molar-refractivity contribution in [2.75, 3.05) is 6.61 Å². The monoisotopic (exact) mass is 446 g/mol. The Bertz CT molecular complexity index is 426. The summed E-state index contributed by atoms with van der Waals surface area (Å²) in [6.07, 6.45) is 11.6. The van der Waals surface area contributed by atoms with Crippen molar-refractivity contribution in [1.29, 1.82) is 0 Å². The second-order valence-electron chi connectivity index (χ2n) is 7.23. The lowest BCUT2D eigenvalue weighted by Gasteiger charge is -2.20. The minimum absolute atomic E-state index is 0.101. The van der Waals surface area contributed by atoms with Crippen molar-refractivity contribution in [2.24, 2.45) is 0 Å². The SMILES string of the molecule is CCCCCCCCCCCCCCCC(=O)C(O)(O)CCOP(=O)(Cl)Cl. The highest BCUT2D eigenvalue weighted by molar-refractivity contribution is 8.05. The predicted octanol–water partition coefficient (Wildman–Crippen LogP) is 6.71. The largest absolute Gasteiger partial charge is 0.380 e. The highest BCUT2D eigenvalue weighted by atomic mass is 35.9. The minimum Gasteiger partial charge on any atom is -0.360 e. The highest BCUT2D eigenvalue weighted by Gasteiger charge is 2.32. The fourth-order valence-electron chi connectivity index (χ4n) is 2.94. The van der Waals surface area contributed by atoms with Gasteiger partial charge in [-0.15, -0.1) is 0 Å². The average molecular weight is 447 g/mol. The Morgan fingerprint density at radius 2 is 1.26 bits per heavy atom. The number of carbonyl (C=O) groups excluding carboxylic acids is 1. The summed E-state index contributed by atoms with van der Waals surface area (Å²) in [5.74, 6) is -3.15. The number of ketones is 1. The molecule has 0 aromatic rings. The molecule has 0 aromatic heterocycles. The first-order valence-electron chi connectivity index (χ1n) is 10.3. The zero-order valence-corrected chi connectivity index (χ0v) is 19.0. The summed E-state index contributed by atoms with van der Waals surface area (Å²) >= 11 is 10.4. The van der Waals surface area contributed by atoms with E-state index in [1.165, 1.54) is 57.8 Å². The van der Waals surface area contributed by atoms with Gasteiger partial charge in [-0.2, -0.15) is 0 Å². The molecule has 0 aliphatic rings.